The summed E-state index contributed by atoms with van der Waals surface area (Å²) in [5, 5.41) is 32.2. The van der Waals surface area contributed by atoms with E-state index in [0.29, 0.717) is 11.1 Å². The summed E-state index contributed by atoms with van der Waals surface area (Å²) in [5.41, 5.74) is 1.20. The van der Waals surface area contributed by atoms with E-state index in [1.807, 2.05) is 12.2 Å². The van der Waals surface area contributed by atoms with Crippen LogP contribution in [0.4, 0.5) is 0 Å². The molecule has 4 N–H and O–H groups in total. The van der Waals surface area contributed by atoms with E-state index in [4.69, 9.17) is 20.4 Å². The van der Waals surface area contributed by atoms with Crippen LogP contribution in [0.3, 0.4) is 0 Å². The van der Waals surface area contributed by atoms with Crippen molar-refractivity contribution >= 4 is 11.9 Å². The lowest BCUT2D eigenvalue weighted by Gasteiger charge is -2.06. The summed E-state index contributed by atoms with van der Waals surface area (Å²) in [6, 6.07) is 0. The van der Waals surface area contributed by atoms with Crippen LogP contribution in [-0.2, 0) is 9.59 Å². The van der Waals surface area contributed by atoms with E-state index >= 15 is 0 Å². The number of allylic oxidation sites excluding steroid dienone is 2. The molecule has 0 saturated heterocycles. The van der Waals surface area contributed by atoms with Crippen LogP contribution in [0, 0.1) is 0 Å². The van der Waals surface area contributed by atoms with Gasteiger partial charge < -0.3 is 20.4 Å². The fourth-order valence-electron chi connectivity index (χ4n) is 2.06. The average molecular weight is 314 g/mol. The standard InChI is InChI=1S/2C7H10O2.C2H6O2/c2*8-7(9)6-4-2-1-3-5-6;3-1-2-4/h2*4H,1-3,5H2,(H,8,9);3-4H,1-2H2. The van der Waals surface area contributed by atoms with Crippen molar-refractivity contribution in [3.8, 4) is 0 Å². The zero-order chi connectivity index (χ0) is 16.8. The number of aliphatic hydroxyl groups excluding tert-OH is 2. The van der Waals surface area contributed by atoms with E-state index in [0.717, 1.165) is 51.4 Å². The molecule has 0 heterocycles. The van der Waals surface area contributed by atoms with Crippen LogP contribution in [0.15, 0.2) is 23.3 Å². The zero-order valence-electron chi connectivity index (χ0n) is 12.8. The highest BCUT2D eigenvalue weighted by Gasteiger charge is 2.09. The van der Waals surface area contributed by atoms with Gasteiger partial charge in [0.05, 0.1) is 13.2 Å². The first-order valence-electron chi connectivity index (χ1n) is 7.59. The van der Waals surface area contributed by atoms with Gasteiger partial charge in [0, 0.05) is 11.1 Å². The van der Waals surface area contributed by atoms with Gasteiger partial charge in [-0.2, -0.15) is 0 Å². The molecule has 6 nitrogen and oxygen atoms in total. The van der Waals surface area contributed by atoms with Gasteiger partial charge in [0.15, 0.2) is 0 Å². The van der Waals surface area contributed by atoms with Gasteiger partial charge in [0.2, 0.25) is 0 Å². The molecule has 22 heavy (non-hydrogen) atoms. The first kappa shape index (κ1) is 20.3. The van der Waals surface area contributed by atoms with Gasteiger partial charge in [0.1, 0.15) is 0 Å². The van der Waals surface area contributed by atoms with Gasteiger partial charge in [-0.05, 0) is 51.4 Å². The van der Waals surface area contributed by atoms with Crippen LogP contribution in [0.25, 0.3) is 0 Å². The van der Waals surface area contributed by atoms with Crippen molar-refractivity contribution in [2.45, 2.75) is 51.4 Å². The summed E-state index contributed by atoms with van der Waals surface area (Å²) in [6.07, 6.45) is 11.4. The van der Waals surface area contributed by atoms with E-state index in [1.165, 1.54) is 0 Å². The molecule has 2 aliphatic rings. The topological polar surface area (TPSA) is 115 Å². The maximum atomic E-state index is 10.3. The minimum Gasteiger partial charge on any atom is -0.478 e. The van der Waals surface area contributed by atoms with Crippen molar-refractivity contribution in [1.82, 2.24) is 0 Å². The third kappa shape index (κ3) is 10.1. The largest absolute Gasteiger partial charge is 0.478 e. The van der Waals surface area contributed by atoms with Crippen LogP contribution in [0.1, 0.15) is 51.4 Å². The summed E-state index contributed by atoms with van der Waals surface area (Å²) in [6.45, 7) is -0.250. The summed E-state index contributed by atoms with van der Waals surface area (Å²) >= 11 is 0. The molecule has 0 bridgehead atoms. The Morgan fingerprint density at radius 1 is 0.773 bits per heavy atom. The summed E-state index contributed by atoms with van der Waals surface area (Å²) in [4.78, 5) is 20.6. The molecule has 0 saturated carbocycles. The first-order chi connectivity index (χ1) is 10.5. The number of aliphatic carboxylic acids is 2. The van der Waals surface area contributed by atoms with Crippen LogP contribution in [0.2, 0.25) is 0 Å². The van der Waals surface area contributed by atoms with Gasteiger partial charge in [-0.15, -0.1) is 0 Å². The second-order valence-corrected chi connectivity index (χ2v) is 5.01. The Morgan fingerprint density at radius 3 is 1.27 bits per heavy atom. The number of hydrogen-bond acceptors (Lipinski definition) is 4. The Labute approximate surface area is 130 Å². The van der Waals surface area contributed by atoms with Crippen molar-refractivity contribution in [1.29, 1.82) is 0 Å². The number of carbonyl (C=O) groups is 2. The lowest BCUT2D eigenvalue weighted by Crippen LogP contribution is -2.03. The molecule has 0 unspecified atom stereocenters. The van der Waals surface area contributed by atoms with Crippen molar-refractivity contribution in [2.24, 2.45) is 0 Å². The Hall–Kier alpha value is -1.66. The number of hydrogen-bond donors (Lipinski definition) is 4. The van der Waals surface area contributed by atoms with Gasteiger partial charge in [0.25, 0.3) is 0 Å². The van der Waals surface area contributed by atoms with Gasteiger partial charge >= 0.3 is 11.9 Å². The molecule has 0 aromatic carbocycles. The summed E-state index contributed by atoms with van der Waals surface area (Å²) < 4.78 is 0. The predicted molar refractivity (Wildman–Crippen MR) is 82.5 cm³/mol. The molecule has 0 atom stereocenters. The zero-order valence-corrected chi connectivity index (χ0v) is 12.8. The van der Waals surface area contributed by atoms with Crippen LogP contribution < -0.4 is 0 Å². The highest BCUT2D eigenvalue weighted by Crippen LogP contribution is 2.17. The van der Waals surface area contributed by atoms with Crippen LogP contribution >= 0.6 is 0 Å². The number of rotatable bonds is 3. The molecule has 6 heteroatoms. The SMILES string of the molecule is O=C(O)C1=CCCCC1.O=C(O)C1=CCCCC1.OCCO. The quantitative estimate of drug-likeness (QED) is 0.634. The normalized spacial score (nSPS) is 16.8. The summed E-state index contributed by atoms with van der Waals surface area (Å²) in [5.74, 6) is -1.48. The van der Waals surface area contributed by atoms with Crippen molar-refractivity contribution in [3.63, 3.8) is 0 Å². The fraction of sp³-hybridized carbons (Fsp3) is 0.625. The Kier molecular flexibility index (Phi) is 12.1. The fourth-order valence-corrected chi connectivity index (χ4v) is 2.06. The monoisotopic (exact) mass is 314 g/mol. The molecule has 0 aliphatic heterocycles. The van der Waals surface area contributed by atoms with E-state index in [1.54, 1.807) is 0 Å². The second kappa shape index (κ2) is 13.0. The molecule has 0 aromatic rings. The number of carboxylic acid groups (broad SMARTS) is 2. The Morgan fingerprint density at radius 2 is 1.14 bits per heavy atom. The molecule has 2 rings (SSSR count). The van der Waals surface area contributed by atoms with Crippen LogP contribution in [-0.4, -0.2) is 45.6 Å². The molecule has 0 radical (unpaired) electrons. The van der Waals surface area contributed by atoms with Crippen molar-refractivity contribution in [2.75, 3.05) is 13.2 Å². The summed E-state index contributed by atoms with van der Waals surface area (Å²) in [7, 11) is 0. The molecule has 0 amide bonds. The van der Waals surface area contributed by atoms with Gasteiger partial charge in [-0.3, -0.25) is 0 Å². The highest BCUT2D eigenvalue weighted by molar-refractivity contribution is 5.86. The van der Waals surface area contributed by atoms with Crippen LogP contribution in [0.5, 0.6) is 0 Å². The number of aliphatic hydroxyl groups is 2. The predicted octanol–water partition coefficient (Wildman–Crippen LogP) is 2.11. The highest BCUT2D eigenvalue weighted by atomic mass is 16.4. The lowest BCUT2D eigenvalue weighted by molar-refractivity contribution is -0.133. The van der Waals surface area contributed by atoms with Crippen molar-refractivity contribution < 1.29 is 30.0 Å². The van der Waals surface area contributed by atoms with Crippen molar-refractivity contribution in [3.05, 3.63) is 23.3 Å². The second-order valence-electron chi connectivity index (χ2n) is 5.01. The molecule has 0 fully saturated rings. The van der Waals surface area contributed by atoms with Gasteiger partial charge in [-0.25, -0.2) is 9.59 Å². The maximum Gasteiger partial charge on any atom is 0.331 e. The molecule has 126 valence electrons. The van der Waals surface area contributed by atoms with E-state index < -0.39 is 11.9 Å². The minimum atomic E-state index is -0.741. The van der Waals surface area contributed by atoms with E-state index in [2.05, 4.69) is 0 Å². The molecule has 0 aromatic heterocycles. The minimum absolute atomic E-state index is 0.125. The average Bonchev–Trinajstić information content (AvgIpc) is 2.57. The molecule has 0 spiro atoms. The maximum absolute atomic E-state index is 10.3. The Balaban J connectivity index is 0.000000326. The van der Waals surface area contributed by atoms with Gasteiger partial charge in [-0.1, -0.05) is 12.2 Å². The lowest BCUT2D eigenvalue weighted by atomic mass is 10.0. The third-order valence-electron chi connectivity index (χ3n) is 3.23. The first-order valence-corrected chi connectivity index (χ1v) is 7.59. The third-order valence-corrected chi connectivity index (χ3v) is 3.23. The number of carboxylic acids is 2. The van der Waals surface area contributed by atoms with E-state index in [9.17, 15) is 9.59 Å². The smallest absolute Gasteiger partial charge is 0.331 e. The Bertz CT molecular complexity index is 359. The molecular formula is C16H26O6. The van der Waals surface area contributed by atoms with E-state index in [-0.39, 0.29) is 13.2 Å². The molecular weight excluding hydrogens is 288 g/mol. The molecule has 2 aliphatic carbocycles.